The molecule has 0 saturated carbocycles. The average Bonchev–Trinajstić information content (AvgIpc) is 2.36. The molecule has 1 atom stereocenters. The first kappa shape index (κ1) is 14.2. The Hall–Kier alpha value is -1.89. The van der Waals surface area contributed by atoms with Gasteiger partial charge in [-0.25, -0.2) is 4.79 Å². The Morgan fingerprint density at radius 1 is 1.22 bits per heavy atom. The lowest BCUT2D eigenvalue weighted by Gasteiger charge is -2.19. The molecule has 0 heterocycles. The second kappa shape index (κ2) is 5.18. The number of halogens is 2. The largest absolute Gasteiger partial charge is 0.497 e. The second-order valence-corrected chi connectivity index (χ2v) is 3.48. The third kappa shape index (κ3) is 2.67. The van der Waals surface area contributed by atoms with Gasteiger partial charge in [0, 0.05) is 6.07 Å². The molecule has 0 aliphatic carbocycles. The molecule has 0 radical (unpaired) electrons. The van der Waals surface area contributed by atoms with Gasteiger partial charge in [-0.2, -0.15) is 8.78 Å². The third-order valence-electron chi connectivity index (χ3n) is 2.32. The predicted molar refractivity (Wildman–Crippen MR) is 57.1 cm³/mol. The first-order valence-corrected chi connectivity index (χ1v) is 4.85. The highest BCUT2D eigenvalue weighted by Gasteiger charge is 2.47. The van der Waals surface area contributed by atoms with Gasteiger partial charge in [0.1, 0.15) is 11.5 Å². The SMILES string of the molecule is COc1cc(OC)cc(C(O)C(F)(F)C(=O)O)c1. The molecule has 0 aromatic heterocycles. The number of aliphatic hydroxyl groups is 1. The van der Waals surface area contributed by atoms with E-state index in [4.69, 9.17) is 14.6 Å². The first-order chi connectivity index (χ1) is 8.32. The van der Waals surface area contributed by atoms with Crippen molar-refractivity contribution in [1.82, 2.24) is 0 Å². The zero-order chi connectivity index (χ0) is 13.9. The van der Waals surface area contributed by atoms with Crippen LogP contribution in [0.1, 0.15) is 11.7 Å². The quantitative estimate of drug-likeness (QED) is 0.840. The van der Waals surface area contributed by atoms with Crippen LogP contribution in [0.15, 0.2) is 18.2 Å². The van der Waals surface area contributed by atoms with Crippen molar-refractivity contribution in [3.05, 3.63) is 23.8 Å². The van der Waals surface area contributed by atoms with Gasteiger partial charge in [0.15, 0.2) is 6.10 Å². The van der Waals surface area contributed by atoms with Gasteiger partial charge in [0.25, 0.3) is 0 Å². The molecule has 0 spiro atoms. The van der Waals surface area contributed by atoms with E-state index in [0.717, 1.165) is 12.1 Å². The van der Waals surface area contributed by atoms with Gasteiger partial charge in [0.2, 0.25) is 0 Å². The molecule has 1 unspecified atom stereocenters. The summed E-state index contributed by atoms with van der Waals surface area (Å²) < 4.78 is 36.0. The van der Waals surface area contributed by atoms with Gasteiger partial charge in [-0.05, 0) is 17.7 Å². The van der Waals surface area contributed by atoms with Crippen molar-refractivity contribution in [2.75, 3.05) is 14.2 Å². The van der Waals surface area contributed by atoms with Crippen molar-refractivity contribution in [3.8, 4) is 11.5 Å². The maximum atomic E-state index is 13.2. The predicted octanol–water partition coefficient (Wildman–Crippen LogP) is 1.46. The summed E-state index contributed by atoms with van der Waals surface area (Å²) >= 11 is 0. The Bertz CT molecular complexity index is 425. The Morgan fingerprint density at radius 2 is 1.67 bits per heavy atom. The van der Waals surface area contributed by atoms with E-state index < -0.39 is 18.0 Å². The molecular formula is C11H12F2O5. The smallest absolute Gasteiger partial charge is 0.377 e. The molecule has 0 aliphatic heterocycles. The molecule has 1 aromatic rings. The molecule has 0 aliphatic rings. The Kier molecular flexibility index (Phi) is 4.07. The van der Waals surface area contributed by atoms with Crippen molar-refractivity contribution in [1.29, 1.82) is 0 Å². The molecule has 0 fully saturated rings. The zero-order valence-corrected chi connectivity index (χ0v) is 9.68. The molecular weight excluding hydrogens is 250 g/mol. The molecule has 1 aromatic carbocycles. The number of carboxylic acid groups (broad SMARTS) is 1. The lowest BCUT2D eigenvalue weighted by Crippen LogP contribution is -2.35. The summed E-state index contributed by atoms with van der Waals surface area (Å²) in [5, 5.41) is 17.8. The lowest BCUT2D eigenvalue weighted by molar-refractivity contribution is -0.182. The Morgan fingerprint density at radius 3 is 2.00 bits per heavy atom. The van der Waals surface area contributed by atoms with Crippen molar-refractivity contribution >= 4 is 5.97 Å². The number of benzene rings is 1. The van der Waals surface area contributed by atoms with E-state index in [9.17, 15) is 18.7 Å². The number of carboxylic acids is 1. The summed E-state index contributed by atoms with van der Waals surface area (Å²) in [5.41, 5.74) is -0.307. The minimum absolute atomic E-state index is 0.171. The van der Waals surface area contributed by atoms with Gasteiger partial charge in [-0.15, -0.1) is 0 Å². The van der Waals surface area contributed by atoms with Crippen LogP contribution in [0, 0.1) is 0 Å². The number of ether oxygens (including phenoxy) is 2. The molecule has 0 bridgehead atoms. The summed E-state index contributed by atoms with van der Waals surface area (Å²) in [6.07, 6.45) is -2.49. The minimum Gasteiger partial charge on any atom is -0.497 e. The van der Waals surface area contributed by atoms with E-state index in [1.54, 1.807) is 0 Å². The lowest BCUT2D eigenvalue weighted by atomic mass is 10.0. The minimum atomic E-state index is -4.29. The van der Waals surface area contributed by atoms with Crippen molar-refractivity contribution in [3.63, 3.8) is 0 Å². The van der Waals surface area contributed by atoms with Crippen LogP contribution in [-0.2, 0) is 4.79 Å². The zero-order valence-electron chi connectivity index (χ0n) is 9.68. The van der Waals surface area contributed by atoms with Crippen LogP contribution in [-0.4, -0.2) is 36.3 Å². The fourth-order valence-electron chi connectivity index (χ4n) is 1.31. The molecule has 1 rings (SSSR count). The summed E-state index contributed by atoms with van der Waals surface area (Å²) in [7, 11) is 2.61. The standard InChI is InChI=1S/C11H12F2O5/c1-17-7-3-6(4-8(5-7)18-2)9(14)11(12,13)10(15)16/h3-5,9,14H,1-2H3,(H,15,16). The van der Waals surface area contributed by atoms with E-state index in [-0.39, 0.29) is 17.1 Å². The molecule has 100 valence electrons. The van der Waals surface area contributed by atoms with Gasteiger partial charge >= 0.3 is 11.9 Å². The van der Waals surface area contributed by atoms with Gasteiger partial charge in [-0.3, -0.25) is 0 Å². The van der Waals surface area contributed by atoms with Crippen LogP contribution >= 0.6 is 0 Å². The summed E-state index contributed by atoms with van der Waals surface area (Å²) in [5.74, 6) is -6.36. The molecule has 0 amide bonds. The number of alkyl halides is 2. The topological polar surface area (TPSA) is 76.0 Å². The van der Waals surface area contributed by atoms with Crippen LogP contribution in [0.3, 0.4) is 0 Å². The Labute approximate surface area is 102 Å². The number of methoxy groups -OCH3 is 2. The number of aliphatic carboxylic acids is 1. The highest BCUT2D eigenvalue weighted by molar-refractivity contribution is 5.76. The van der Waals surface area contributed by atoms with Crippen LogP contribution in [0.4, 0.5) is 8.78 Å². The molecule has 7 heteroatoms. The average molecular weight is 262 g/mol. The van der Waals surface area contributed by atoms with Crippen LogP contribution in [0.25, 0.3) is 0 Å². The highest BCUT2D eigenvalue weighted by Crippen LogP contribution is 2.35. The van der Waals surface area contributed by atoms with E-state index in [1.165, 1.54) is 20.3 Å². The van der Waals surface area contributed by atoms with Crippen molar-refractivity contribution in [2.45, 2.75) is 12.0 Å². The van der Waals surface area contributed by atoms with Crippen LogP contribution in [0.5, 0.6) is 11.5 Å². The number of hydrogen-bond acceptors (Lipinski definition) is 4. The number of aliphatic hydroxyl groups excluding tert-OH is 1. The number of rotatable bonds is 5. The fourth-order valence-corrected chi connectivity index (χ4v) is 1.31. The third-order valence-corrected chi connectivity index (χ3v) is 2.32. The number of hydrogen-bond donors (Lipinski definition) is 2. The molecule has 0 saturated heterocycles. The van der Waals surface area contributed by atoms with Crippen molar-refractivity contribution in [2.24, 2.45) is 0 Å². The second-order valence-electron chi connectivity index (χ2n) is 3.48. The fraction of sp³-hybridized carbons (Fsp3) is 0.364. The Balaban J connectivity index is 3.20. The normalized spacial score (nSPS) is 12.9. The van der Waals surface area contributed by atoms with Gasteiger partial charge in [0.05, 0.1) is 14.2 Å². The summed E-state index contributed by atoms with van der Waals surface area (Å²) in [6.45, 7) is 0. The number of carbonyl (C=O) groups is 1. The molecule has 2 N–H and O–H groups in total. The van der Waals surface area contributed by atoms with Crippen LogP contribution in [0.2, 0.25) is 0 Å². The maximum Gasteiger partial charge on any atom is 0.377 e. The van der Waals surface area contributed by atoms with Crippen LogP contribution < -0.4 is 9.47 Å². The summed E-state index contributed by atoms with van der Waals surface area (Å²) in [6, 6.07) is 3.64. The first-order valence-electron chi connectivity index (χ1n) is 4.85. The van der Waals surface area contributed by atoms with E-state index in [0.29, 0.717) is 0 Å². The van der Waals surface area contributed by atoms with Gasteiger partial charge < -0.3 is 19.7 Å². The highest BCUT2D eigenvalue weighted by atomic mass is 19.3. The molecule has 18 heavy (non-hydrogen) atoms. The van der Waals surface area contributed by atoms with E-state index >= 15 is 0 Å². The monoisotopic (exact) mass is 262 g/mol. The summed E-state index contributed by atoms with van der Waals surface area (Å²) in [4.78, 5) is 10.4. The maximum absolute atomic E-state index is 13.2. The molecule has 5 nitrogen and oxygen atoms in total. The van der Waals surface area contributed by atoms with Crippen molar-refractivity contribution < 1.29 is 33.3 Å². The van der Waals surface area contributed by atoms with E-state index in [2.05, 4.69) is 0 Å². The van der Waals surface area contributed by atoms with E-state index in [1.807, 2.05) is 0 Å². The van der Waals surface area contributed by atoms with Gasteiger partial charge in [-0.1, -0.05) is 0 Å².